The third-order valence-corrected chi connectivity index (χ3v) is 6.71. The highest BCUT2D eigenvalue weighted by atomic mass is 19.1. The molecular formula is C27H31FN2O3. The smallest absolute Gasteiger partial charge is 0.323 e. The van der Waals surface area contributed by atoms with Gasteiger partial charge in [-0.15, -0.1) is 0 Å². The third-order valence-electron chi connectivity index (χ3n) is 6.71. The average molecular weight is 451 g/mol. The molecule has 0 aliphatic heterocycles. The highest BCUT2D eigenvalue weighted by Crippen LogP contribution is 2.34. The standard InChI is InChI=1S/C27H31FN2O3/c1-27(2,3)22(13-17-7-5-4-6-8-17)26(33)29-19-10-12-24-21(15-19)20-14-18(28)9-11-23(20)30(24)16-25(31)32/h4-9,11,14,19,22H,10,12-13,15-16H2,1-3H3,(H,29,33)(H,31,32)/t19-,22?/m0/s1. The summed E-state index contributed by atoms with van der Waals surface area (Å²) in [5.74, 6) is -1.43. The van der Waals surface area contributed by atoms with E-state index in [2.05, 4.69) is 26.1 Å². The Morgan fingerprint density at radius 2 is 1.91 bits per heavy atom. The number of aliphatic carboxylic acids is 1. The number of rotatable bonds is 6. The number of nitrogens with one attached hydrogen (secondary N) is 1. The van der Waals surface area contributed by atoms with E-state index in [0.717, 1.165) is 34.1 Å². The van der Waals surface area contributed by atoms with Crippen molar-refractivity contribution in [2.75, 3.05) is 0 Å². The maximum atomic E-state index is 14.0. The van der Waals surface area contributed by atoms with Gasteiger partial charge in [0, 0.05) is 28.6 Å². The van der Waals surface area contributed by atoms with Crippen LogP contribution < -0.4 is 5.32 Å². The Balaban J connectivity index is 1.58. The van der Waals surface area contributed by atoms with Crippen molar-refractivity contribution in [1.82, 2.24) is 9.88 Å². The number of aromatic nitrogens is 1. The van der Waals surface area contributed by atoms with Crippen molar-refractivity contribution in [2.24, 2.45) is 11.3 Å². The number of benzene rings is 2. The van der Waals surface area contributed by atoms with E-state index in [0.29, 0.717) is 19.3 Å². The molecule has 2 atom stereocenters. The SMILES string of the molecule is CC(C)(C)C(Cc1ccccc1)C(=O)N[C@H]1CCc2c(c3cc(F)ccc3n2CC(=O)O)C1. The van der Waals surface area contributed by atoms with Gasteiger partial charge in [-0.3, -0.25) is 9.59 Å². The molecular weight excluding hydrogens is 419 g/mol. The molecule has 0 radical (unpaired) electrons. The normalized spacial score (nSPS) is 16.9. The Bertz CT molecular complexity index is 1180. The van der Waals surface area contributed by atoms with Crippen LogP contribution in [0.25, 0.3) is 10.9 Å². The lowest BCUT2D eigenvalue weighted by Gasteiger charge is -2.33. The van der Waals surface area contributed by atoms with Crippen LogP contribution in [0.4, 0.5) is 4.39 Å². The number of halogens is 1. The molecule has 0 fully saturated rings. The molecule has 3 aromatic rings. The van der Waals surface area contributed by atoms with E-state index in [1.54, 1.807) is 10.6 Å². The van der Waals surface area contributed by atoms with E-state index < -0.39 is 5.97 Å². The van der Waals surface area contributed by atoms with Gasteiger partial charge in [0.25, 0.3) is 0 Å². The fourth-order valence-corrected chi connectivity index (χ4v) is 5.00. The zero-order valence-electron chi connectivity index (χ0n) is 19.4. The van der Waals surface area contributed by atoms with Crippen molar-refractivity contribution in [2.45, 2.75) is 59.0 Å². The molecule has 1 aliphatic carbocycles. The van der Waals surface area contributed by atoms with Gasteiger partial charge < -0.3 is 15.0 Å². The molecule has 1 unspecified atom stereocenters. The Hall–Kier alpha value is -3.15. The molecule has 4 rings (SSSR count). The lowest BCUT2D eigenvalue weighted by atomic mass is 9.76. The summed E-state index contributed by atoms with van der Waals surface area (Å²) in [6.45, 7) is 6.10. The van der Waals surface area contributed by atoms with Gasteiger partial charge in [0.2, 0.25) is 5.91 Å². The van der Waals surface area contributed by atoms with Crippen LogP contribution in [0, 0.1) is 17.2 Å². The number of carboxylic acid groups (broad SMARTS) is 1. The molecule has 6 heteroatoms. The summed E-state index contributed by atoms with van der Waals surface area (Å²) >= 11 is 0. The molecule has 0 bridgehead atoms. The second-order valence-electron chi connectivity index (χ2n) is 10.1. The van der Waals surface area contributed by atoms with Crippen LogP contribution in [-0.4, -0.2) is 27.6 Å². The molecule has 0 saturated carbocycles. The number of carbonyl (C=O) groups excluding carboxylic acids is 1. The van der Waals surface area contributed by atoms with Crippen LogP contribution in [-0.2, 0) is 35.4 Å². The topological polar surface area (TPSA) is 71.3 Å². The second kappa shape index (κ2) is 9.00. The molecule has 0 spiro atoms. The van der Waals surface area contributed by atoms with Crippen LogP contribution in [0.3, 0.4) is 0 Å². The van der Waals surface area contributed by atoms with E-state index in [1.807, 2.05) is 30.3 Å². The predicted molar refractivity (Wildman–Crippen MR) is 127 cm³/mol. The number of nitrogens with zero attached hydrogens (tertiary/aromatic N) is 1. The Labute approximate surface area is 193 Å². The monoisotopic (exact) mass is 450 g/mol. The van der Waals surface area contributed by atoms with Crippen molar-refractivity contribution in [3.8, 4) is 0 Å². The molecule has 1 amide bonds. The average Bonchev–Trinajstić information content (AvgIpc) is 3.03. The van der Waals surface area contributed by atoms with Crippen molar-refractivity contribution in [3.63, 3.8) is 0 Å². The number of carbonyl (C=O) groups is 2. The number of carboxylic acids is 1. The van der Waals surface area contributed by atoms with E-state index in [1.165, 1.54) is 12.1 Å². The largest absolute Gasteiger partial charge is 0.480 e. The predicted octanol–water partition coefficient (Wildman–Crippen LogP) is 4.74. The zero-order chi connectivity index (χ0) is 23.8. The van der Waals surface area contributed by atoms with Crippen LogP contribution in [0.5, 0.6) is 0 Å². The molecule has 1 heterocycles. The minimum absolute atomic E-state index is 0.0280. The van der Waals surface area contributed by atoms with Crippen molar-refractivity contribution < 1.29 is 19.1 Å². The summed E-state index contributed by atoms with van der Waals surface area (Å²) in [6.07, 6.45) is 2.59. The number of amides is 1. The quantitative estimate of drug-likeness (QED) is 0.570. The summed E-state index contributed by atoms with van der Waals surface area (Å²) in [5.41, 5.74) is 3.52. The highest BCUT2D eigenvalue weighted by Gasteiger charge is 2.34. The van der Waals surface area contributed by atoms with Gasteiger partial charge in [-0.05, 0) is 60.4 Å². The minimum atomic E-state index is -0.927. The van der Waals surface area contributed by atoms with Crippen LogP contribution in [0.2, 0.25) is 0 Å². The number of hydrogen-bond donors (Lipinski definition) is 2. The Morgan fingerprint density at radius 1 is 1.18 bits per heavy atom. The van der Waals surface area contributed by atoms with Gasteiger partial charge in [0.05, 0.1) is 0 Å². The maximum Gasteiger partial charge on any atom is 0.323 e. The van der Waals surface area contributed by atoms with Crippen molar-refractivity contribution in [3.05, 3.63) is 71.2 Å². The fourth-order valence-electron chi connectivity index (χ4n) is 5.00. The van der Waals surface area contributed by atoms with E-state index in [-0.39, 0.29) is 35.6 Å². The van der Waals surface area contributed by atoms with Gasteiger partial charge in [-0.1, -0.05) is 51.1 Å². The third kappa shape index (κ3) is 4.95. The fraction of sp³-hybridized carbons (Fsp3) is 0.407. The summed E-state index contributed by atoms with van der Waals surface area (Å²) in [5, 5.41) is 13.4. The van der Waals surface area contributed by atoms with Gasteiger partial charge in [0.1, 0.15) is 12.4 Å². The van der Waals surface area contributed by atoms with Crippen molar-refractivity contribution >= 4 is 22.8 Å². The van der Waals surface area contributed by atoms with Gasteiger partial charge in [0.15, 0.2) is 0 Å². The van der Waals surface area contributed by atoms with Crippen LogP contribution in [0.1, 0.15) is 44.0 Å². The van der Waals surface area contributed by atoms with E-state index in [9.17, 15) is 19.1 Å². The molecule has 2 aromatic carbocycles. The zero-order valence-corrected chi connectivity index (χ0v) is 19.4. The van der Waals surface area contributed by atoms with Gasteiger partial charge in [-0.25, -0.2) is 4.39 Å². The first-order chi connectivity index (χ1) is 15.6. The summed E-state index contributed by atoms with van der Waals surface area (Å²) in [4.78, 5) is 24.8. The highest BCUT2D eigenvalue weighted by molar-refractivity contribution is 5.87. The first-order valence-electron chi connectivity index (χ1n) is 11.5. The van der Waals surface area contributed by atoms with Gasteiger partial charge in [-0.2, -0.15) is 0 Å². The molecule has 5 nitrogen and oxygen atoms in total. The Kier molecular flexibility index (Phi) is 6.28. The van der Waals surface area contributed by atoms with Gasteiger partial charge >= 0.3 is 5.97 Å². The summed E-state index contributed by atoms with van der Waals surface area (Å²) < 4.78 is 15.8. The molecule has 1 aromatic heterocycles. The van der Waals surface area contributed by atoms with Crippen molar-refractivity contribution in [1.29, 1.82) is 0 Å². The number of fused-ring (bicyclic) bond motifs is 3. The summed E-state index contributed by atoms with van der Waals surface area (Å²) in [6, 6.07) is 14.5. The molecule has 174 valence electrons. The first kappa shape index (κ1) is 23.0. The maximum absolute atomic E-state index is 14.0. The minimum Gasteiger partial charge on any atom is -0.480 e. The lowest BCUT2D eigenvalue weighted by Crippen LogP contribution is -2.46. The lowest BCUT2D eigenvalue weighted by molar-refractivity contribution is -0.137. The van der Waals surface area contributed by atoms with Crippen LogP contribution >= 0.6 is 0 Å². The van der Waals surface area contributed by atoms with E-state index >= 15 is 0 Å². The molecule has 1 aliphatic rings. The first-order valence-corrected chi connectivity index (χ1v) is 11.5. The molecule has 33 heavy (non-hydrogen) atoms. The summed E-state index contributed by atoms with van der Waals surface area (Å²) in [7, 11) is 0. The van der Waals surface area contributed by atoms with Crippen LogP contribution in [0.15, 0.2) is 48.5 Å². The Morgan fingerprint density at radius 3 is 2.58 bits per heavy atom. The number of hydrogen-bond acceptors (Lipinski definition) is 2. The molecule has 2 N–H and O–H groups in total. The van der Waals surface area contributed by atoms with E-state index in [4.69, 9.17) is 0 Å². The second-order valence-corrected chi connectivity index (χ2v) is 10.1. The molecule has 0 saturated heterocycles.